The smallest absolute Gasteiger partial charge is 0.407 e. The molecule has 1 aliphatic heterocycles. The molecule has 5 rings (SSSR count). The Labute approximate surface area is 248 Å². The van der Waals surface area contributed by atoms with E-state index >= 15 is 4.39 Å². The van der Waals surface area contributed by atoms with E-state index < -0.39 is 41.4 Å². The van der Waals surface area contributed by atoms with E-state index in [-0.39, 0.29) is 29.4 Å². The summed E-state index contributed by atoms with van der Waals surface area (Å²) in [6.45, 7) is 1.44. The van der Waals surface area contributed by atoms with E-state index in [9.17, 15) is 23.5 Å². The molecule has 3 aromatic rings. The normalized spacial score (nSPS) is 18.5. The fraction of sp³-hybridized carbons (Fsp3) is 0.406. The van der Waals surface area contributed by atoms with Crippen LogP contribution in [0.3, 0.4) is 0 Å². The highest BCUT2D eigenvalue weighted by molar-refractivity contribution is 5.98. The number of pyridine rings is 1. The molecule has 1 aliphatic carbocycles. The Balaban J connectivity index is 1.43. The standard InChI is InChI=1S/C32H35F3N4O4/c1-39(31(41)42)29(28(20-4-8-22(33)9-5-20)21-6-10-23(34)11-7-21)30(40)38-27-18-36-17-26(35)25(27)13-12-24-16-37-19-32(43-24)14-2-3-15-32/h4-11,17-18,24,28-29,37H,2-3,12-16,19H2,1H3,(H,38,40)(H,41,42)/t24-,29+/m1/s1. The van der Waals surface area contributed by atoms with Crippen LogP contribution in [0.1, 0.15) is 54.7 Å². The second-order valence-electron chi connectivity index (χ2n) is 11.4. The van der Waals surface area contributed by atoms with Gasteiger partial charge in [0.25, 0.3) is 0 Å². The lowest BCUT2D eigenvalue weighted by Crippen LogP contribution is -2.52. The van der Waals surface area contributed by atoms with Crippen LogP contribution in [0.5, 0.6) is 0 Å². The van der Waals surface area contributed by atoms with Crippen molar-refractivity contribution in [1.82, 2.24) is 15.2 Å². The van der Waals surface area contributed by atoms with E-state index in [2.05, 4.69) is 15.6 Å². The number of morpholine rings is 1. The van der Waals surface area contributed by atoms with Crippen LogP contribution in [-0.4, -0.2) is 64.9 Å². The quantitative estimate of drug-likeness (QED) is 0.302. The van der Waals surface area contributed by atoms with Crippen LogP contribution in [-0.2, 0) is 16.0 Å². The summed E-state index contributed by atoms with van der Waals surface area (Å²) in [4.78, 5) is 30.9. The van der Waals surface area contributed by atoms with Gasteiger partial charge in [-0.05, 0) is 61.1 Å². The minimum atomic E-state index is -1.39. The highest BCUT2D eigenvalue weighted by Gasteiger charge is 2.40. The van der Waals surface area contributed by atoms with Gasteiger partial charge in [-0.3, -0.25) is 14.7 Å². The number of anilines is 1. The highest BCUT2D eigenvalue weighted by Crippen LogP contribution is 2.37. The summed E-state index contributed by atoms with van der Waals surface area (Å²) < 4.78 is 49.3. The van der Waals surface area contributed by atoms with Crippen molar-refractivity contribution in [2.24, 2.45) is 0 Å². The first-order chi connectivity index (χ1) is 20.7. The van der Waals surface area contributed by atoms with Crippen molar-refractivity contribution < 1.29 is 32.6 Å². The number of benzene rings is 2. The number of carbonyl (C=O) groups excluding carboxylic acids is 1. The topological polar surface area (TPSA) is 104 Å². The Hall–Kier alpha value is -3.96. The minimum absolute atomic E-state index is 0.116. The molecule has 43 heavy (non-hydrogen) atoms. The van der Waals surface area contributed by atoms with Crippen molar-refractivity contribution in [3.63, 3.8) is 0 Å². The molecule has 2 atom stereocenters. The number of halogens is 3. The molecule has 2 aromatic carbocycles. The number of carbonyl (C=O) groups is 2. The zero-order chi connectivity index (χ0) is 30.6. The van der Waals surface area contributed by atoms with Crippen molar-refractivity contribution in [1.29, 1.82) is 0 Å². The summed E-state index contributed by atoms with van der Waals surface area (Å²) in [6, 6.07) is 9.21. The van der Waals surface area contributed by atoms with Gasteiger partial charge in [-0.15, -0.1) is 0 Å². The molecular formula is C32H35F3N4O4. The number of aromatic nitrogens is 1. The van der Waals surface area contributed by atoms with Crippen LogP contribution in [0, 0.1) is 17.5 Å². The molecule has 2 fully saturated rings. The lowest BCUT2D eigenvalue weighted by Gasteiger charge is -2.39. The van der Waals surface area contributed by atoms with Crippen molar-refractivity contribution in [3.8, 4) is 0 Å². The minimum Gasteiger partial charge on any atom is -0.465 e. The number of hydrogen-bond acceptors (Lipinski definition) is 5. The lowest BCUT2D eigenvalue weighted by atomic mass is 9.83. The molecular weight excluding hydrogens is 561 g/mol. The number of carboxylic acid groups (broad SMARTS) is 1. The SMILES string of the molecule is CN(C(=O)O)[C@H](C(=O)Nc1cncc(F)c1CC[C@@H]1CNCC2(CCCC2)O1)C(c1ccc(F)cc1)c1ccc(F)cc1. The molecule has 0 radical (unpaired) electrons. The number of likely N-dealkylation sites (N-methyl/N-ethyl adjacent to an activating group) is 1. The first-order valence-corrected chi connectivity index (χ1v) is 14.4. The molecule has 1 aromatic heterocycles. The van der Waals surface area contributed by atoms with Crippen molar-refractivity contribution in [2.45, 2.75) is 62.2 Å². The summed E-state index contributed by atoms with van der Waals surface area (Å²) in [6.07, 6.45) is 5.85. The molecule has 11 heteroatoms. The molecule has 2 heterocycles. The van der Waals surface area contributed by atoms with Crippen molar-refractivity contribution in [2.75, 3.05) is 25.5 Å². The fourth-order valence-electron chi connectivity index (χ4n) is 6.28. The first kappa shape index (κ1) is 30.5. The Morgan fingerprint density at radius 3 is 2.23 bits per heavy atom. The van der Waals surface area contributed by atoms with E-state index in [0.29, 0.717) is 24.1 Å². The van der Waals surface area contributed by atoms with E-state index in [1.807, 2.05) is 0 Å². The third-order valence-corrected chi connectivity index (χ3v) is 8.49. The number of ether oxygens (including phenoxy) is 1. The van der Waals surface area contributed by atoms with Gasteiger partial charge in [0.2, 0.25) is 5.91 Å². The van der Waals surface area contributed by atoms with Crippen LogP contribution in [0.25, 0.3) is 0 Å². The second-order valence-corrected chi connectivity index (χ2v) is 11.4. The summed E-state index contributed by atoms with van der Waals surface area (Å²) in [5, 5.41) is 16.1. The van der Waals surface area contributed by atoms with Gasteiger partial charge in [-0.1, -0.05) is 37.1 Å². The Morgan fingerprint density at radius 1 is 1.05 bits per heavy atom. The van der Waals surface area contributed by atoms with Gasteiger partial charge >= 0.3 is 6.09 Å². The number of amides is 2. The zero-order valence-electron chi connectivity index (χ0n) is 23.9. The fourth-order valence-corrected chi connectivity index (χ4v) is 6.28. The molecule has 228 valence electrons. The predicted octanol–water partition coefficient (Wildman–Crippen LogP) is 5.48. The maximum Gasteiger partial charge on any atom is 0.407 e. The van der Waals surface area contributed by atoms with Gasteiger partial charge in [-0.2, -0.15) is 0 Å². The summed E-state index contributed by atoms with van der Waals surface area (Å²) >= 11 is 0. The van der Waals surface area contributed by atoms with Crippen LogP contribution in [0.15, 0.2) is 60.9 Å². The molecule has 1 saturated carbocycles. The van der Waals surface area contributed by atoms with Crippen LogP contribution < -0.4 is 10.6 Å². The molecule has 8 nitrogen and oxygen atoms in total. The van der Waals surface area contributed by atoms with Gasteiger partial charge < -0.3 is 20.5 Å². The van der Waals surface area contributed by atoms with Gasteiger partial charge in [0, 0.05) is 31.6 Å². The van der Waals surface area contributed by atoms with Crippen LogP contribution >= 0.6 is 0 Å². The summed E-state index contributed by atoms with van der Waals surface area (Å²) in [7, 11) is 1.24. The van der Waals surface area contributed by atoms with Crippen molar-refractivity contribution >= 4 is 17.7 Å². The largest absolute Gasteiger partial charge is 0.465 e. The maximum absolute atomic E-state index is 15.2. The van der Waals surface area contributed by atoms with Crippen LogP contribution in [0.2, 0.25) is 0 Å². The molecule has 2 aliphatic rings. The van der Waals surface area contributed by atoms with Gasteiger partial charge in [-0.25, -0.2) is 18.0 Å². The average molecular weight is 597 g/mol. The molecule has 2 amide bonds. The van der Waals surface area contributed by atoms with E-state index in [0.717, 1.165) is 43.3 Å². The lowest BCUT2D eigenvalue weighted by molar-refractivity contribution is -0.120. The molecule has 0 bridgehead atoms. The summed E-state index contributed by atoms with van der Waals surface area (Å²) in [5.74, 6) is -3.33. The van der Waals surface area contributed by atoms with Gasteiger partial charge in [0.05, 0.1) is 29.8 Å². The Morgan fingerprint density at radius 2 is 1.65 bits per heavy atom. The third kappa shape index (κ3) is 7.00. The number of rotatable bonds is 9. The van der Waals surface area contributed by atoms with Crippen molar-refractivity contribution in [3.05, 3.63) is 95.1 Å². The number of hydrogen-bond donors (Lipinski definition) is 3. The van der Waals surface area contributed by atoms with Gasteiger partial charge in [0.1, 0.15) is 23.5 Å². The predicted molar refractivity (Wildman–Crippen MR) is 154 cm³/mol. The maximum atomic E-state index is 15.2. The van der Waals surface area contributed by atoms with E-state index in [1.165, 1.54) is 61.8 Å². The monoisotopic (exact) mass is 596 g/mol. The molecule has 0 unspecified atom stereocenters. The summed E-state index contributed by atoms with van der Waals surface area (Å²) in [5.41, 5.74) is 1.03. The number of nitrogens with zero attached hydrogens (tertiary/aromatic N) is 2. The molecule has 3 N–H and O–H groups in total. The first-order valence-electron chi connectivity index (χ1n) is 14.4. The van der Waals surface area contributed by atoms with Crippen LogP contribution in [0.4, 0.5) is 23.7 Å². The van der Waals surface area contributed by atoms with E-state index in [4.69, 9.17) is 4.74 Å². The average Bonchev–Trinajstić information content (AvgIpc) is 3.43. The Bertz CT molecular complexity index is 1390. The highest BCUT2D eigenvalue weighted by atomic mass is 19.1. The zero-order valence-corrected chi connectivity index (χ0v) is 23.9. The Kier molecular flexibility index (Phi) is 9.31. The second kappa shape index (κ2) is 13.1. The molecule has 1 spiro atoms. The van der Waals surface area contributed by atoms with Gasteiger partial charge in [0.15, 0.2) is 0 Å². The third-order valence-electron chi connectivity index (χ3n) is 8.49. The van der Waals surface area contributed by atoms with E-state index in [1.54, 1.807) is 0 Å². The number of nitrogens with one attached hydrogen (secondary N) is 2. The molecule has 1 saturated heterocycles.